The number of amides is 1. The molecule has 1 N–H and O–H groups in total. The molecule has 33 heavy (non-hydrogen) atoms. The normalized spacial score (nSPS) is 20.2. The number of piperidine rings is 1. The molecule has 4 rings (SSSR count). The molecule has 0 bridgehead atoms. The van der Waals surface area contributed by atoms with Crippen molar-refractivity contribution in [3.8, 4) is 0 Å². The summed E-state index contributed by atoms with van der Waals surface area (Å²) in [5.74, 6) is 0.371. The van der Waals surface area contributed by atoms with Crippen LogP contribution in [0.15, 0.2) is 36.4 Å². The molecule has 2 fully saturated rings. The number of methoxy groups -OCH3 is 1. The Balaban J connectivity index is 1.38. The van der Waals surface area contributed by atoms with Gasteiger partial charge in [0.15, 0.2) is 0 Å². The van der Waals surface area contributed by atoms with Gasteiger partial charge in [-0.1, -0.05) is 40.9 Å². The number of carbonyl (C=O) groups is 1. The Morgan fingerprint density at radius 3 is 2.45 bits per heavy atom. The minimum Gasteiger partial charge on any atom is -0.380 e. The molecule has 0 aliphatic carbocycles. The highest BCUT2D eigenvalue weighted by atomic mass is 35.5. The van der Waals surface area contributed by atoms with E-state index in [1.807, 2.05) is 36.1 Å². The molecule has 2 aromatic carbocycles. The first-order valence-electron chi connectivity index (χ1n) is 11.4. The molecular formula is C25H30Cl3N3O2. The maximum atomic E-state index is 12.9. The van der Waals surface area contributed by atoms with E-state index in [4.69, 9.17) is 39.5 Å². The molecule has 2 saturated heterocycles. The van der Waals surface area contributed by atoms with Gasteiger partial charge in [0.1, 0.15) is 0 Å². The van der Waals surface area contributed by atoms with Gasteiger partial charge in [0.05, 0.1) is 22.9 Å². The zero-order valence-electron chi connectivity index (χ0n) is 19.0. The molecule has 5 nitrogen and oxygen atoms in total. The summed E-state index contributed by atoms with van der Waals surface area (Å²) in [6, 6.07) is 11.5. The topological polar surface area (TPSA) is 44.8 Å². The number of likely N-dealkylation sites (tertiary alicyclic amines) is 1. The third kappa shape index (κ3) is 5.71. The zero-order valence-corrected chi connectivity index (χ0v) is 21.3. The van der Waals surface area contributed by atoms with Crippen molar-refractivity contribution in [2.24, 2.45) is 5.92 Å². The number of rotatable bonds is 6. The molecule has 0 saturated carbocycles. The number of hydrogen-bond acceptors (Lipinski definition) is 4. The fraction of sp³-hybridized carbons (Fsp3) is 0.480. The van der Waals surface area contributed by atoms with Crippen LogP contribution in [0.5, 0.6) is 0 Å². The molecule has 0 spiro atoms. The van der Waals surface area contributed by atoms with Crippen LogP contribution in [0.25, 0.3) is 0 Å². The Hall–Kier alpha value is -1.66. The number of benzene rings is 2. The van der Waals surface area contributed by atoms with Crippen molar-refractivity contribution >= 4 is 52.1 Å². The highest BCUT2D eigenvalue weighted by Crippen LogP contribution is 2.34. The number of nitrogens with one attached hydrogen (secondary N) is 1. The Bertz CT molecular complexity index is 995. The van der Waals surface area contributed by atoms with Crippen molar-refractivity contribution in [1.82, 2.24) is 4.90 Å². The van der Waals surface area contributed by atoms with E-state index in [1.165, 1.54) is 0 Å². The molecular weight excluding hydrogens is 481 g/mol. The van der Waals surface area contributed by atoms with E-state index in [0.29, 0.717) is 15.1 Å². The molecule has 1 amide bonds. The summed E-state index contributed by atoms with van der Waals surface area (Å²) in [5.41, 5.74) is 2.91. The quantitative estimate of drug-likeness (QED) is 0.496. The summed E-state index contributed by atoms with van der Waals surface area (Å²) in [5, 5.41) is 5.37. The second kappa shape index (κ2) is 10.7. The van der Waals surface area contributed by atoms with Gasteiger partial charge in [-0.15, -0.1) is 0 Å². The lowest BCUT2D eigenvalue weighted by Crippen LogP contribution is -2.42. The van der Waals surface area contributed by atoms with Crippen LogP contribution < -0.4 is 10.2 Å². The van der Waals surface area contributed by atoms with Crippen LogP contribution in [-0.2, 0) is 9.53 Å². The first kappa shape index (κ1) is 24.5. The van der Waals surface area contributed by atoms with Gasteiger partial charge < -0.3 is 19.9 Å². The molecule has 2 aliphatic heterocycles. The van der Waals surface area contributed by atoms with Gasteiger partial charge in [-0.25, -0.2) is 0 Å². The molecule has 0 aromatic heterocycles. The summed E-state index contributed by atoms with van der Waals surface area (Å²) in [6.07, 6.45) is 2.82. The SMILES string of the molecule is CO[C@@H]1CCN(C(=O)C2CCN(c3ccc(Cl)c(NC(C)c4ccc(Cl)cc4Cl)c3)CC2)C1. The molecule has 2 heterocycles. The molecule has 2 aromatic rings. The Morgan fingerprint density at radius 1 is 1.03 bits per heavy atom. The van der Waals surface area contributed by atoms with Gasteiger partial charge in [0, 0.05) is 54.9 Å². The molecule has 1 unspecified atom stereocenters. The van der Waals surface area contributed by atoms with Crippen LogP contribution in [0.1, 0.15) is 37.8 Å². The number of nitrogens with zero attached hydrogens (tertiary/aromatic N) is 2. The van der Waals surface area contributed by atoms with Gasteiger partial charge in [0.2, 0.25) is 5.91 Å². The predicted molar refractivity (Wildman–Crippen MR) is 137 cm³/mol. The van der Waals surface area contributed by atoms with Crippen LogP contribution in [0, 0.1) is 5.92 Å². The van der Waals surface area contributed by atoms with Crippen LogP contribution in [0.2, 0.25) is 15.1 Å². The summed E-state index contributed by atoms with van der Waals surface area (Å²) >= 11 is 18.9. The standard InChI is InChI=1S/C25H30Cl3N3O2/c1-16(21-5-3-18(26)13-23(21)28)29-24-14-19(4-6-22(24)27)30-10-7-17(8-11-30)25(32)31-12-9-20(15-31)33-2/h3-6,13-14,16-17,20,29H,7-12,15H2,1-2H3/t16?,20-/m1/s1. The molecule has 2 aliphatic rings. The predicted octanol–water partition coefficient (Wildman–Crippen LogP) is 6.28. The fourth-order valence-electron chi connectivity index (χ4n) is 4.75. The van der Waals surface area contributed by atoms with Gasteiger partial charge in [-0.3, -0.25) is 4.79 Å². The second-order valence-corrected chi connectivity index (χ2v) is 10.1. The lowest BCUT2D eigenvalue weighted by atomic mass is 9.95. The van der Waals surface area contributed by atoms with Gasteiger partial charge in [-0.2, -0.15) is 0 Å². The highest BCUT2D eigenvalue weighted by molar-refractivity contribution is 6.35. The zero-order chi connectivity index (χ0) is 23.5. The second-order valence-electron chi connectivity index (χ2n) is 8.89. The highest BCUT2D eigenvalue weighted by Gasteiger charge is 2.33. The number of hydrogen-bond donors (Lipinski definition) is 1. The number of anilines is 2. The maximum absolute atomic E-state index is 12.9. The van der Waals surface area contributed by atoms with Crippen molar-refractivity contribution in [2.75, 3.05) is 43.5 Å². The smallest absolute Gasteiger partial charge is 0.225 e. The van der Waals surface area contributed by atoms with Gasteiger partial charge in [-0.05, 0) is 62.1 Å². The maximum Gasteiger partial charge on any atom is 0.225 e. The molecule has 0 radical (unpaired) electrons. The average Bonchev–Trinajstić information content (AvgIpc) is 3.29. The summed E-state index contributed by atoms with van der Waals surface area (Å²) in [4.78, 5) is 17.2. The van der Waals surface area contributed by atoms with E-state index in [1.54, 1.807) is 13.2 Å². The number of halogens is 3. The third-order valence-electron chi connectivity index (χ3n) is 6.75. The average molecular weight is 511 g/mol. The van der Waals surface area contributed by atoms with E-state index in [-0.39, 0.29) is 24.0 Å². The van der Waals surface area contributed by atoms with Gasteiger partial charge >= 0.3 is 0 Å². The first-order chi connectivity index (χ1) is 15.9. The summed E-state index contributed by atoms with van der Waals surface area (Å²) in [7, 11) is 1.72. The van der Waals surface area contributed by atoms with Crippen molar-refractivity contribution in [3.63, 3.8) is 0 Å². The van der Waals surface area contributed by atoms with E-state index in [0.717, 1.165) is 62.4 Å². The van der Waals surface area contributed by atoms with E-state index >= 15 is 0 Å². The van der Waals surface area contributed by atoms with Crippen molar-refractivity contribution < 1.29 is 9.53 Å². The fourth-order valence-corrected chi connectivity index (χ4v) is 5.49. The van der Waals surface area contributed by atoms with Crippen molar-refractivity contribution in [2.45, 2.75) is 38.3 Å². The van der Waals surface area contributed by atoms with Crippen molar-refractivity contribution in [1.29, 1.82) is 0 Å². The van der Waals surface area contributed by atoms with E-state index in [2.05, 4.69) is 16.3 Å². The number of ether oxygens (including phenoxy) is 1. The minimum absolute atomic E-state index is 0.0396. The van der Waals surface area contributed by atoms with Gasteiger partial charge in [0.25, 0.3) is 0 Å². The van der Waals surface area contributed by atoms with Crippen molar-refractivity contribution in [3.05, 3.63) is 57.0 Å². The summed E-state index contributed by atoms with van der Waals surface area (Å²) in [6.45, 7) is 5.26. The lowest BCUT2D eigenvalue weighted by Gasteiger charge is -2.35. The Kier molecular flexibility index (Phi) is 7.95. The van der Waals surface area contributed by atoms with Crippen LogP contribution in [0.3, 0.4) is 0 Å². The summed E-state index contributed by atoms with van der Waals surface area (Å²) < 4.78 is 5.41. The lowest BCUT2D eigenvalue weighted by molar-refractivity contribution is -0.135. The third-order valence-corrected chi connectivity index (χ3v) is 7.64. The Labute approximate surface area is 210 Å². The van der Waals surface area contributed by atoms with E-state index in [9.17, 15) is 4.79 Å². The van der Waals surface area contributed by atoms with Crippen LogP contribution >= 0.6 is 34.8 Å². The first-order valence-corrected chi connectivity index (χ1v) is 12.6. The molecule has 8 heteroatoms. The molecule has 2 atom stereocenters. The van der Waals surface area contributed by atoms with E-state index < -0.39 is 0 Å². The number of carbonyl (C=O) groups excluding carboxylic acids is 1. The Morgan fingerprint density at radius 2 is 1.79 bits per heavy atom. The molecule has 178 valence electrons. The minimum atomic E-state index is -0.0396. The monoisotopic (exact) mass is 509 g/mol. The largest absolute Gasteiger partial charge is 0.380 e. The van der Waals surface area contributed by atoms with Crippen LogP contribution in [0.4, 0.5) is 11.4 Å². The van der Waals surface area contributed by atoms with Crippen LogP contribution in [-0.4, -0.2) is 50.2 Å².